The second-order valence-electron chi connectivity index (χ2n) is 8.03. The minimum absolute atomic E-state index is 0.0167. The molecular formula is C37H50O4. The Morgan fingerprint density at radius 1 is 0.463 bits per heavy atom. The first-order chi connectivity index (χ1) is 20.3. The molecule has 0 atom stereocenters. The van der Waals surface area contributed by atoms with Crippen molar-refractivity contribution in [3.8, 4) is 22.6 Å². The van der Waals surface area contributed by atoms with Gasteiger partial charge < -0.3 is 19.7 Å². The SMILES string of the molecule is CC.CC.CC.CC.OCCOc1ccc(C2(c3ccc(OCCO)cc3)c3ccccc3-c3ccccc32)cc1. The molecule has 0 radical (unpaired) electrons. The van der Waals surface area contributed by atoms with Gasteiger partial charge in [0, 0.05) is 0 Å². The third-order valence-electron chi connectivity index (χ3n) is 6.25. The molecule has 0 bridgehead atoms. The molecule has 41 heavy (non-hydrogen) atoms. The summed E-state index contributed by atoms with van der Waals surface area (Å²) in [4.78, 5) is 0. The lowest BCUT2D eigenvalue weighted by atomic mass is 9.68. The van der Waals surface area contributed by atoms with E-state index in [4.69, 9.17) is 19.7 Å². The molecule has 5 rings (SSSR count). The van der Waals surface area contributed by atoms with Crippen molar-refractivity contribution in [2.75, 3.05) is 26.4 Å². The van der Waals surface area contributed by atoms with Crippen molar-refractivity contribution >= 4 is 0 Å². The molecule has 4 aromatic carbocycles. The number of benzene rings is 4. The summed E-state index contributed by atoms with van der Waals surface area (Å²) in [5.74, 6) is 1.46. The van der Waals surface area contributed by atoms with E-state index in [1.165, 1.54) is 22.3 Å². The van der Waals surface area contributed by atoms with Gasteiger partial charge in [-0.2, -0.15) is 0 Å². The zero-order valence-electron chi connectivity index (χ0n) is 26.3. The Hall–Kier alpha value is -3.60. The second kappa shape index (κ2) is 19.5. The van der Waals surface area contributed by atoms with Gasteiger partial charge in [0.05, 0.1) is 18.6 Å². The van der Waals surface area contributed by atoms with Crippen LogP contribution < -0.4 is 9.47 Å². The maximum absolute atomic E-state index is 9.09. The van der Waals surface area contributed by atoms with Crippen molar-refractivity contribution in [2.45, 2.75) is 60.8 Å². The molecule has 4 aromatic rings. The standard InChI is InChI=1S/C29H26O4.4C2H6/c30-17-19-32-23-13-9-21(10-14-23)29(22-11-15-24(16-12-22)33-20-18-31)27-7-3-1-5-25(27)26-6-2-4-8-28(26)29;4*1-2/h1-16,30-31H,17-20H2;4*1-2H3. The lowest BCUT2D eigenvalue weighted by molar-refractivity contribution is 0.201. The van der Waals surface area contributed by atoms with Crippen LogP contribution in [0.25, 0.3) is 11.1 Å². The van der Waals surface area contributed by atoms with Crippen LogP contribution in [-0.4, -0.2) is 36.6 Å². The summed E-state index contributed by atoms with van der Waals surface area (Å²) >= 11 is 0. The quantitative estimate of drug-likeness (QED) is 0.200. The van der Waals surface area contributed by atoms with Gasteiger partial charge in [0.15, 0.2) is 0 Å². The monoisotopic (exact) mass is 558 g/mol. The average molecular weight is 559 g/mol. The molecule has 0 spiro atoms. The normalized spacial score (nSPS) is 11.3. The molecule has 0 saturated heterocycles. The first-order valence-corrected chi connectivity index (χ1v) is 15.2. The number of ether oxygens (including phenoxy) is 2. The van der Waals surface area contributed by atoms with Gasteiger partial charge >= 0.3 is 0 Å². The van der Waals surface area contributed by atoms with Crippen molar-refractivity contribution in [3.05, 3.63) is 119 Å². The van der Waals surface area contributed by atoms with E-state index in [0.717, 1.165) is 22.6 Å². The third-order valence-corrected chi connectivity index (χ3v) is 6.25. The fourth-order valence-electron chi connectivity index (χ4n) is 4.95. The summed E-state index contributed by atoms with van der Waals surface area (Å²) in [5, 5.41) is 18.2. The highest BCUT2D eigenvalue weighted by Gasteiger charge is 2.45. The zero-order valence-corrected chi connectivity index (χ0v) is 26.3. The van der Waals surface area contributed by atoms with Crippen LogP contribution in [0.15, 0.2) is 97.1 Å². The molecule has 0 amide bonds. The molecule has 2 N–H and O–H groups in total. The molecule has 1 aliphatic rings. The van der Waals surface area contributed by atoms with Gasteiger partial charge in [-0.3, -0.25) is 0 Å². The maximum atomic E-state index is 9.09. The van der Waals surface area contributed by atoms with Crippen LogP contribution in [0.5, 0.6) is 11.5 Å². The fraction of sp³-hybridized carbons (Fsp3) is 0.351. The first kappa shape index (κ1) is 35.4. The smallest absolute Gasteiger partial charge is 0.119 e. The van der Waals surface area contributed by atoms with E-state index in [1.54, 1.807) is 0 Å². The van der Waals surface area contributed by atoms with Crippen LogP contribution in [0.3, 0.4) is 0 Å². The van der Waals surface area contributed by atoms with Gasteiger partial charge in [-0.15, -0.1) is 0 Å². The molecule has 0 heterocycles. The van der Waals surface area contributed by atoms with Crippen LogP contribution in [0.2, 0.25) is 0 Å². The van der Waals surface area contributed by atoms with Crippen LogP contribution in [0, 0.1) is 0 Å². The van der Waals surface area contributed by atoms with Gasteiger partial charge in [-0.1, -0.05) is 128 Å². The molecule has 0 saturated carbocycles. The topological polar surface area (TPSA) is 58.9 Å². The van der Waals surface area contributed by atoms with Crippen molar-refractivity contribution in [1.29, 1.82) is 0 Å². The molecule has 0 unspecified atom stereocenters. The Labute approximate surface area is 248 Å². The van der Waals surface area contributed by atoms with Gasteiger partial charge in [0.1, 0.15) is 24.7 Å². The Kier molecular flexibility index (Phi) is 16.8. The van der Waals surface area contributed by atoms with Gasteiger partial charge in [-0.25, -0.2) is 0 Å². The number of aliphatic hydroxyl groups excluding tert-OH is 2. The fourth-order valence-corrected chi connectivity index (χ4v) is 4.95. The number of hydrogen-bond acceptors (Lipinski definition) is 4. The van der Waals surface area contributed by atoms with E-state index < -0.39 is 5.41 Å². The predicted molar refractivity (Wildman–Crippen MR) is 174 cm³/mol. The summed E-state index contributed by atoms with van der Waals surface area (Å²) in [5.41, 5.74) is 6.72. The maximum Gasteiger partial charge on any atom is 0.119 e. The molecule has 0 aliphatic heterocycles. The molecule has 0 fully saturated rings. The van der Waals surface area contributed by atoms with Crippen molar-refractivity contribution in [3.63, 3.8) is 0 Å². The predicted octanol–water partition coefficient (Wildman–Crippen LogP) is 8.90. The average Bonchev–Trinajstić information content (AvgIpc) is 3.38. The lowest BCUT2D eigenvalue weighted by Gasteiger charge is -2.34. The Morgan fingerprint density at radius 2 is 0.780 bits per heavy atom. The van der Waals surface area contributed by atoms with Crippen LogP contribution in [0.1, 0.15) is 77.6 Å². The summed E-state index contributed by atoms with van der Waals surface area (Å²) in [6.07, 6.45) is 0. The van der Waals surface area contributed by atoms with E-state index in [9.17, 15) is 0 Å². The van der Waals surface area contributed by atoms with E-state index in [1.807, 2.05) is 79.7 Å². The van der Waals surface area contributed by atoms with Crippen molar-refractivity contribution < 1.29 is 19.7 Å². The Balaban J connectivity index is 0.000000969. The highest BCUT2D eigenvalue weighted by Crippen LogP contribution is 2.56. The third kappa shape index (κ3) is 7.78. The molecule has 222 valence electrons. The van der Waals surface area contributed by atoms with E-state index in [-0.39, 0.29) is 26.4 Å². The first-order valence-electron chi connectivity index (χ1n) is 15.2. The van der Waals surface area contributed by atoms with Crippen molar-refractivity contribution in [1.82, 2.24) is 0 Å². The largest absolute Gasteiger partial charge is 0.491 e. The number of aliphatic hydroxyl groups is 2. The van der Waals surface area contributed by atoms with E-state index >= 15 is 0 Å². The van der Waals surface area contributed by atoms with Crippen LogP contribution >= 0.6 is 0 Å². The summed E-state index contributed by atoms with van der Waals surface area (Å²) in [7, 11) is 0. The Morgan fingerprint density at radius 3 is 1.10 bits per heavy atom. The van der Waals surface area contributed by atoms with Crippen molar-refractivity contribution in [2.24, 2.45) is 0 Å². The zero-order chi connectivity index (χ0) is 30.7. The molecule has 0 aromatic heterocycles. The number of rotatable bonds is 8. The van der Waals surface area contributed by atoms with E-state index in [0.29, 0.717) is 0 Å². The van der Waals surface area contributed by atoms with Gasteiger partial charge in [0.2, 0.25) is 0 Å². The highest BCUT2D eigenvalue weighted by molar-refractivity contribution is 5.86. The van der Waals surface area contributed by atoms with Gasteiger partial charge in [-0.05, 0) is 57.6 Å². The summed E-state index contributed by atoms with van der Waals surface area (Å²) < 4.78 is 11.2. The molecular weight excluding hydrogens is 508 g/mol. The minimum atomic E-state index is -0.488. The van der Waals surface area contributed by atoms with E-state index in [2.05, 4.69) is 72.8 Å². The minimum Gasteiger partial charge on any atom is -0.491 e. The van der Waals surface area contributed by atoms with Gasteiger partial charge in [0.25, 0.3) is 0 Å². The number of hydrogen-bond donors (Lipinski definition) is 2. The summed E-state index contributed by atoms with van der Waals surface area (Å²) in [6, 6.07) is 33.5. The van der Waals surface area contributed by atoms with Crippen LogP contribution in [0.4, 0.5) is 0 Å². The molecule has 4 heteroatoms. The molecule has 4 nitrogen and oxygen atoms in total. The highest BCUT2D eigenvalue weighted by atomic mass is 16.5. The van der Waals surface area contributed by atoms with Crippen LogP contribution in [-0.2, 0) is 5.41 Å². The second-order valence-corrected chi connectivity index (χ2v) is 8.03. The number of fused-ring (bicyclic) bond motifs is 3. The Bertz CT molecular complexity index is 1130. The summed E-state index contributed by atoms with van der Waals surface area (Å²) in [6.45, 7) is 16.5. The lowest BCUT2D eigenvalue weighted by Crippen LogP contribution is -2.28. The molecule has 1 aliphatic carbocycles.